The van der Waals surface area contributed by atoms with E-state index in [1.54, 1.807) is 12.4 Å². The number of rotatable bonds is 6. The zero-order valence-electron chi connectivity index (χ0n) is 18.4. The van der Waals surface area contributed by atoms with E-state index in [-0.39, 0.29) is 11.9 Å². The first-order chi connectivity index (χ1) is 15.7. The number of hydrogen-bond acceptors (Lipinski definition) is 8. The maximum atomic E-state index is 12.8. The number of carbonyl (C=O) groups is 1. The molecule has 0 aliphatic carbocycles. The first-order valence-corrected chi connectivity index (χ1v) is 11.3. The van der Waals surface area contributed by atoms with Crippen molar-refractivity contribution in [3.63, 3.8) is 0 Å². The minimum atomic E-state index is -0.0675. The van der Waals surface area contributed by atoms with Crippen LogP contribution in [0.15, 0.2) is 36.8 Å². The number of fused-ring (bicyclic) bond motifs is 1. The zero-order valence-corrected chi connectivity index (χ0v) is 18.4. The molecule has 0 radical (unpaired) electrons. The molecule has 2 saturated heterocycles. The summed E-state index contributed by atoms with van der Waals surface area (Å²) < 4.78 is 1.94. The second-order valence-corrected chi connectivity index (χ2v) is 8.50. The van der Waals surface area contributed by atoms with Gasteiger partial charge in [-0.15, -0.1) is 10.2 Å². The van der Waals surface area contributed by atoms with E-state index >= 15 is 0 Å². The van der Waals surface area contributed by atoms with E-state index in [1.165, 1.54) is 12.8 Å². The van der Waals surface area contributed by atoms with E-state index in [0.29, 0.717) is 18.7 Å². The lowest BCUT2D eigenvalue weighted by atomic mass is 10.1. The van der Waals surface area contributed by atoms with Crippen LogP contribution >= 0.6 is 0 Å². The van der Waals surface area contributed by atoms with Gasteiger partial charge in [0.2, 0.25) is 5.95 Å². The average Bonchev–Trinajstić information content (AvgIpc) is 3.49. The van der Waals surface area contributed by atoms with E-state index in [0.717, 1.165) is 50.1 Å². The van der Waals surface area contributed by atoms with Crippen molar-refractivity contribution < 1.29 is 4.79 Å². The van der Waals surface area contributed by atoms with Gasteiger partial charge in [-0.2, -0.15) is 0 Å². The van der Waals surface area contributed by atoms with E-state index in [9.17, 15) is 4.79 Å². The Morgan fingerprint density at radius 2 is 1.91 bits per heavy atom. The van der Waals surface area contributed by atoms with Crippen LogP contribution in [-0.4, -0.2) is 93.1 Å². The molecule has 3 aromatic rings. The smallest absolute Gasteiger partial charge is 0.252 e. The number of likely N-dealkylation sites (N-methyl/N-ethyl adjacent to an activating group) is 1. The SMILES string of the molecule is CN1CCN(c2ncccn2)CC1c1nnc2ccc(C(=O)NCCN3CCCC3)cn12. The third-order valence-electron chi connectivity index (χ3n) is 6.38. The van der Waals surface area contributed by atoms with E-state index in [2.05, 4.69) is 47.2 Å². The van der Waals surface area contributed by atoms with Crippen molar-refractivity contribution in [2.45, 2.75) is 18.9 Å². The van der Waals surface area contributed by atoms with Gasteiger partial charge in [-0.25, -0.2) is 9.97 Å². The minimum Gasteiger partial charge on any atom is -0.351 e. The summed E-state index contributed by atoms with van der Waals surface area (Å²) in [5.41, 5.74) is 1.34. The number of anilines is 1. The predicted molar refractivity (Wildman–Crippen MR) is 121 cm³/mol. The number of nitrogens with one attached hydrogen (secondary N) is 1. The van der Waals surface area contributed by atoms with Gasteiger partial charge >= 0.3 is 0 Å². The Bertz CT molecular complexity index is 1060. The lowest BCUT2D eigenvalue weighted by molar-refractivity contribution is 0.0949. The Morgan fingerprint density at radius 3 is 2.72 bits per heavy atom. The molecular weight excluding hydrogens is 406 g/mol. The second kappa shape index (κ2) is 9.17. The molecule has 2 aliphatic heterocycles. The molecule has 168 valence electrons. The van der Waals surface area contributed by atoms with E-state index in [1.807, 2.05) is 28.8 Å². The summed E-state index contributed by atoms with van der Waals surface area (Å²) in [4.78, 5) is 28.4. The molecule has 32 heavy (non-hydrogen) atoms. The lowest BCUT2D eigenvalue weighted by Crippen LogP contribution is -2.47. The van der Waals surface area contributed by atoms with Crippen molar-refractivity contribution in [3.05, 3.63) is 48.2 Å². The number of likely N-dealkylation sites (tertiary alicyclic amines) is 1. The molecule has 2 aliphatic rings. The van der Waals surface area contributed by atoms with Crippen molar-refractivity contribution in [2.24, 2.45) is 0 Å². The Balaban J connectivity index is 1.33. The molecule has 1 amide bonds. The summed E-state index contributed by atoms with van der Waals surface area (Å²) in [6.45, 7) is 6.22. The van der Waals surface area contributed by atoms with Gasteiger partial charge in [0.25, 0.3) is 5.91 Å². The molecule has 2 fully saturated rings. The van der Waals surface area contributed by atoms with Gasteiger partial charge in [0.15, 0.2) is 11.5 Å². The van der Waals surface area contributed by atoms with Gasteiger partial charge < -0.3 is 15.1 Å². The maximum Gasteiger partial charge on any atom is 0.252 e. The number of piperazine rings is 1. The fraction of sp³-hybridized carbons (Fsp3) is 0.500. The summed E-state index contributed by atoms with van der Waals surface area (Å²) in [5.74, 6) is 1.47. The van der Waals surface area contributed by atoms with Gasteiger partial charge in [-0.1, -0.05) is 0 Å². The first-order valence-electron chi connectivity index (χ1n) is 11.3. The van der Waals surface area contributed by atoms with E-state index < -0.39 is 0 Å². The number of amides is 1. The van der Waals surface area contributed by atoms with Crippen molar-refractivity contribution >= 4 is 17.5 Å². The Kier molecular flexibility index (Phi) is 5.95. The normalized spacial score (nSPS) is 20.2. The van der Waals surface area contributed by atoms with Crippen LogP contribution in [0.2, 0.25) is 0 Å². The van der Waals surface area contributed by atoms with Gasteiger partial charge in [0, 0.05) is 51.3 Å². The lowest BCUT2D eigenvalue weighted by Gasteiger charge is -2.38. The van der Waals surface area contributed by atoms with Crippen molar-refractivity contribution in [1.29, 1.82) is 0 Å². The highest BCUT2D eigenvalue weighted by Gasteiger charge is 2.30. The number of nitrogens with zero attached hydrogens (tertiary/aromatic N) is 8. The number of pyridine rings is 1. The van der Waals surface area contributed by atoms with Crippen LogP contribution in [0.1, 0.15) is 35.1 Å². The molecular formula is C22H29N9O. The van der Waals surface area contributed by atoms with Crippen molar-refractivity contribution in [3.8, 4) is 0 Å². The third-order valence-corrected chi connectivity index (χ3v) is 6.38. The molecule has 0 spiro atoms. The third kappa shape index (κ3) is 4.28. The highest BCUT2D eigenvalue weighted by Crippen LogP contribution is 2.25. The van der Waals surface area contributed by atoms with Crippen LogP contribution in [0.5, 0.6) is 0 Å². The Morgan fingerprint density at radius 1 is 1.09 bits per heavy atom. The maximum absolute atomic E-state index is 12.8. The Labute approximate surface area is 187 Å². The number of aromatic nitrogens is 5. The summed E-state index contributed by atoms with van der Waals surface area (Å²) >= 11 is 0. The Hall–Kier alpha value is -3.11. The molecule has 1 atom stereocenters. The molecule has 5 rings (SSSR count). The summed E-state index contributed by atoms with van der Waals surface area (Å²) in [5, 5.41) is 11.9. The summed E-state index contributed by atoms with van der Waals surface area (Å²) in [6.07, 6.45) is 7.88. The largest absolute Gasteiger partial charge is 0.351 e. The van der Waals surface area contributed by atoms with Gasteiger partial charge in [-0.3, -0.25) is 14.1 Å². The molecule has 0 bridgehead atoms. The van der Waals surface area contributed by atoms with E-state index in [4.69, 9.17) is 0 Å². The average molecular weight is 436 g/mol. The predicted octanol–water partition coefficient (Wildman–Crippen LogP) is 0.838. The van der Waals surface area contributed by atoms with Gasteiger partial charge in [0.1, 0.15) is 0 Å². The number of carbonyl (C=O) groups excluding carboxylic acids is 1. The molecule has 3 aromatic heterocycles. The zero-order chi connectivity index (χ0) is 21.9. The summed E-state index contributed by atoms with van der Waals surface area (Å²) in [7, 11) is 2.09. The standard InChI is InChI=1S/C22H29N9O/c1-28-13-14-30(22-24-7-4-8-25-22)16-18(28)20-27-26-19-6-5-17(15-31(19)20)21(32)23-9-12-29-10-2-3-11-29/h4-8,15,18H,2-3,9-14,16H2,1H3,(H,23,32). The van der Waals surface area contributed by atoms with Crippen LogP contribution in [0.25, 0.3) is 5.65 Å². The van der Waals surface area contributed by atoms with Crippen molar-refractivity contribution in [2.75, 3.05) is 57.8 Å². The van der Waals surface area contributed by atoms with Crippen LogP contribution in [0.4, 0.5) is 5.95 Å². The fourth-order valence-electron chi connectivity index (χ4n) is 4.49. The summed E-state index contributed by atoms with van der Waals surface area (Å²) in [6, 6.07) is 5.50. The van der Waals surface area contributed by atoms with Crippen LogP contribution in [0, 0.1) is 0 Å². The topological polar surface area (TPSA) is 94.8 Å². The number of hydrogen-bond donors (Lipinski definition) is 1. The van der Waals surface area contributed by atoms with Crippen LogP contribution in [0.3, 0.4) is 0 Å². The minimum absolute atomic E-state index is 0.0102. The molecule has 5 heterocycles. The quantitative estimate of drug-likeness (QED) is 0.609. The van der Waals surface area contributed by atoms with Gasteiger partial charge in [0.05, 0.1) is 11.6 Å². The molecule has 1 unspecified atom stereocenters. The first kappa shape index (κ1) is 20.8. The molecule has 1 N–H and O–H groups in total. The molecule has 10 heteroatoms. The molecule has 10 nitrogen and oxygen atoms in total. The van der Waals surface area contributed by atoms with Gasteiger partial charge in [-0.05, 0) is 51.2 Å². The highest BCUT2D eigenvalue weighted by molar-refractivity contribution is 5.94. The van der Waals surface area contributed by atoms with Crippen molar-refractivity contribution in [1.82, 2.24) is 39.7 Å². The second-order valence-electron chi connectivity index (χ2n) is 8.50. The highest BCUT2D eigenvalue weighted by atomic mass is 16.1. The monoisotopic (exact) mass is 435 g/mol. The molecule has 0 saturated carbocycles. The fourth-order valence-corrected chi connectivity index (χ4v) is 4.49. The van der Waals surface area contributed by atoms with Crippen LogP contribution in [-0.2, 0) is 0 Å². The van der Waals surface area contributed by atoms with Crippen LogP contribution < -0.4 is 10.2 Å². The molecule has 0 aromatic carbocycles.